The van der Waals surface area contributed by atoms with Crippen molar-refractivity contribution in [2.24, 2.45) is 0 Å². The van der Waals surface area contributed by atoms with Crippen molar-refractivity contribution in [1.29, 1.82) is 0 Å². The van der Waals surface area contributed by atoms with Gasteiger partial charge in [-0.05, 0) is 71.3 Å². The predicted octanol–water partition coefficient (Wildman–Crippen LogP) is 3.76. The molecule has 0 saturated heterocycles. The second-order valence-corrected chi connectivity index (χ2v) is 6.77. The highest BCUT2D eigenvalue weighted by molar-refractivity contribution is 9.10. The maximum atomic E-state index is 11.9. The van der Waals surface area contributed by atoms with E-state index in [0.717, 1.165) is 21.3 Å². The van der Waals surface area contributed by atoms with E-state index in [9.17, 15) is 4.79 Å². The molecule has 0 unspecified atom stereocenters. The molecule has 0 aliphatic carbocycles. The Hall–Kier alpha value is -1.44. The molecular weight excluding hydrogens is 370 g/mol. The third-order valence-corrected chi connectivity index (χ3v) is 4.45. The normalized spacial score (nSPS) is 10.0. The molecule has 2 aromatic rings. The van der Waals surface area contributed by atoms with Crippen LogP contribution in [0.3, 0.4) is 0 Å². The Balaban J connectivity index is 1.88. The summed E-state index contributed by atoms with van der Waals surface area (Å²) >= 11 is 9.82. The van der Waals surface area contributed by atoms with Gasteiger partial charge < -0.3 is 5.32 Å². The van der Waals surface area contributed by atoms with E-state index in [0.29, 0.717) is 9.99 Å². The number of aryl methyl sites for hydroxylation is 2. The van der Waals surface area contributed by atoms with Crippen molar-refractivity contribution in [3.05, 3.63) is 50.1 Å². The number of thiocarbonyl (C=S) groups is 1. The van der Waals surface area contributed by atoms with Gasteiger partial charge >= 0.3 is 0 Å². The molecular formula is C14H14BrN3OS2. The van der Waals surface area contributed by atoms with E-state index in [1.165, 1.54) is 11.3 Å². The molecule has 0 bridgehead atoms. The quantitative estimate of drug-likeness (QED) is 0.545. The molecule has 0 aliphatic rings. The second kappa shape index (κ2) is 7.02. The van der Waals surface area contributed by atoms with Crippen molar-refractivity contribution in [3.63, 3.8) is 0 Å². The third kappa shape index (κ3) is 4.80. The minimum absolute atomic E-state index is 0.227. The monoisotopic (exact) mass is 383 g/mol. The van der Waals surface area contributed by atoms with Gasteiger partial charge in [0, 0.05) is 15.5 Å². The minimum Gasteiger partial charge on any atom is -0.331 e. The Kier molecular flexibility index (Phi) is 5.33. The number of anilines is 1. The highest BCUT2D eigenvalue weighted by Crippen LogP contribution is 2.19. The van der Waals surface area contributed by atoms with Crippen LogP contribution in [0.1, 0.15) is 20.8 Å². The molecule has 0 radical (unpaired) electrons. The first kappa shape index (κ1) is 15.9. The zero-order valence-corrected chi connectivity index (χ0v) is 14.7. The number of benzene rings is 1. The van der Waals surface area contributed by atoms with Gasteiger partial charge in [0.25, 0.3) is 5.91 Å². The van der Waals surface area contributed by atoms with Crippen molar-refractivity contribution in [2.75, 3.05) is 5.32 Å². The van der Waals surface area contributed by atoms with Gasteiger partial charge in [-0.15, -0.1) is 11.3 Å². The van der Waals surface area contributed by atoms with Crippen LogP contribution in [0.25, 0.3) is 0 Å². The summed E-state index contributed by atoms with van der Waals surface area (Å²) in [6.45, 7) is 4.04. The predicted molar refractivity (Wildman–Crippen MR) is 94.8 cm³/mol. The fraction of sp³-hybridized carbons (Fsp3) is 0.143. The number of carbonyl (C=O) groups is 1. The summed E-state index contributed by atoms with van der Waals surface area (Å²) in [4.78, 5) is 12.5. The maximum absolute atomic E-state index is 11.9. The van der Waals surface area contributed by atoms with Crippen molar-refractivity contribution >= 4 is 56.2 Å². The third-order valence-electron chi connectivity index (χ3n) is 2.56. The molecule has 3 N–H and O–H groups in total. The van der Waals surface area contributed by atoms with E-state index in [1.54, 1.807) is 6.07 Å². The van der Waals surface area contributed by atoms with E-state index in [1.807, 2.05) is 31.4 Å². The van der Waals surface area contributed by atoms with Crippen molar-refractivity contribution < 1.29 is 4.79 Å². The van der Waals surface area contributed by atoms with Gasteiger partial charge in [-0.3, -0.25) is 15.6 Å². The Bertz CT molecular complexity index is 664. The van der Waals surface area contributed by atoms with Crippen LogP contribution in [0.4, 0.5) is 5.69 Å². The lowest BCUT2D eigenvalue weighted by Gasteiger charge is -2.12. The van der Waals surface area contributed by atoms with Gasteiger partial charge in [-0.25, -0.2) is 0 Å². The lowest BCUT2D eigenvalue weighted by atomic mass is 10.1. The highest BCUT2D eigenvalue weighted by atomic mass is 79.9. The minimum atomic E-state index is -0.227. The Morgan fingerprint density at radius 3 is 2.38 bits per heavy atom. The average Bonchev–Trinajstić information content (AvgIpc) is 2.81. The van der Waals surface area contributed by atoms with Gasteiger partial charge in [0.1, 0.15) is 0 Å². The largest absolute Gasteiger partial charge is 0.331 e. The van der Waals surface area contributed by atoms with E-state index >= 15 is 0 Å². The zero-order valence-electron chi connectivity index (χ0n) is 11.5. The van der Waals surface area contributed by atoms with Gasteiger partial charge in [-0.2, -0.15) is 0 Å². The molecule has 1 aromatic carbocycles. The molecule has 0 fully saturated rings. The van der Waals surface area contributed by atoms with Crippen LogP contribution >= 0.6 is 39.5 Å². The molecule has 0 aliphatic heterocycles. The summed E-state index contributed by atoms with van der Waals surface area (Å²) < 4.78 is 0.883. The number of hydrazine groups is 1. The van der Waals surface area contributed by atoms with Gasteiger partial charge in [0.05, 0.1) is 4.88 Å². The van der Waals surface area contributed by atoms with E-state index in [2.05, 4.69) is 38.2 Å². The number of amides is 1. The van der Waals surface area contributed by atoms with E-state index < -0.39 is 0 Å². The summed E-state index contributed by atoms with van der Waals surface area (Å²) in [5.41, 5.74) is 8.43. The summed E-state index contributed by atoms with van der Waals surface area (Å²) in [6, 6.07) is 7.80. The highest BCUT2D eigenvalue weighted by Gasteiger charge is 2.08. The summed E-state index contributed by atoms with van der Waals surface area (Å²) in [6.07, 6.45) is 0. The van der Waals surface area contributed by atoms with Crippen molar-refractivity contribution in [2.45, 2.75) is 13.8 Å². The lowest BCUT2D eigenvalue weighted by Crippen LogP contribution is -2.43. The maximum Gasteiger partial charge on any atom is 0.279 e. The van der Waals surface area contributed by atoms with E-state index in [4.69, 9.17) is 12.2 Å². The average molecular weight is 384 g/mol. The van der Waals surface area contributed by atoms with E-state index in [-0.39, 0.29) is 5.91 Å². The first-order valence-corrected chi connectivity index (χ1v) is 8.22. The molecule has 0 spiro atoms. The molecule has 4 nitrogen and oxygen atoms in total. The number of halogens is 1. The lowest BCUT2D eigenvalue weighted by molar-refractivity contribution is 0.0948. The Morgan fingerprint density at radius 1 is 1.14 bits per heavy atom. The number of hydrogen-bond donors (Lipinski definition) is 3. The first-order chi connectivity index (χ1) is 9.94. The number of carbonyl (C=O) groups excluding carboxylic acids is 1. The van der Waals surface area contributed by atoms with Crippen LogP contribution in [0.15, 0.2) is 34.1 Å². The molecule has 0 atom stereocenters. The van der Waals surface area contributed by atoms with Gasteiger partial charge in [0.15, 0.2) is 5.11 Å². The molecule has 0 saturated carbocycles. The summed E-state index contributed by atoms with van der Waals surface area (Å²) in [5.74, 6) is -0.227. The fourth-order valence-corrected chi connectivity index (χ4v) is 3.31. The number of thiophene rings is 1. The van der Waals surface area contributed by atoms with Gasteiger partial charge in [-0.1, -0.05) is 6.07 Å². The van der Waals surface area contributed by atoms with Crippen LogP contribution in [0, 0.1) is 13.8 Å². The molecule has 21 heavy (non-hydrogen) atoms. The van der Waals surface area contributed by atoms with Crippen LogP contribution in [-0.2, 0) is 0 Å². The fourth-order valence-electron chi connectivity index (χ4n) is 1.82. The zero-order chi connectivity index (χ0) is 15.4. The molecule has 110 valence electrons. The molecule has 1 amide bonds. The molecule has 7 heteroatoms. The first-order valence-electron chi connectivity index (χ1n) is 6.14. The van der Waals surface area contributed by atoms with Crippen LogP contribution in [0.5, 0.6) is 0 Å². The summed E-state index contributed by atoms with van der Waals surface area (Å²) in [7, 11) is 0. The van der Waals surface area contributed by atoms with Crippen molar-refractivity contribution in [1.82, 2.24) is 10.9 Å². The SMILES string of the molecule is Cc1cc(C)cc(NC(=S)NNC(=O)c2cc(Br)cs2)c1. The van der Waals surface area contributed by atoms with Crippen molar-refractivity contribution in [3.8, 4) is 0 Å². The Labute approximate surface area is 141 Å². The van der Waals surface area contributed by atoms with Gasteiger partial charge in [0.2, 0.25) is 0 Å². The topological polar surface area (TPSA) is 53.2 Å². The number of rotatable bonds is 2. The smallest absolute Gasteiger partial charge is 0.279 e. The van der Waals surface area contributed by atoms with Crippen LogP contribution in [0.2, 0.25) is 0 Å². The molecule has 1 heterocycles. The molecule has 1 aromatic heterocycles. The molecule has 2 rings (SSSR count). The van der Waals surface area contributed by atoms with Crippen LogP contribution < -0.4 is 16.2 Å². The van der Waals surface area contributed by atoms with Crippen LogP contribution in [-0.4, -0.2) is 11.0 Å². The standard InChI is InChI=1S/C14H14BrN3OS2/c1-8-3-9(2)5-11(4-8)16-14(20)18-17-13(19)12-6-10(15)7-21-12/h3-7H,1-2H3,(H,17,19)(H2,16,18,20). The number of nitrogens with one attached hydrogen (secondary N) is 3. The summed E-state index contributed by atoms with van der Waals surface area (Å²) in [5, 5.41) is 5.22. The number of hydrogen-bond acceptors (Lipinski definition) is 3. The second-order valence-electron chi connectivity index (χ2n) is 4.54. The Morgan fingerprint density at radius 2 is 1.81 bits per heavy atom.